The molecule has 3 atom stereocenters. The number of thiophene rings is 1. The number of nitrogens with one attached hydrogen (secondary N) is 2. The number of benzene rings is 1. The van der Waals surface area contributed by atoms with E-state index in [2.05, 4.69) is 15.5 Å². The van der Waals surface area contributed by atoms with Crippen molar-refractivity contribution in [2.45, 2.75) is 104 Å². The Hall–Kier alpha value is -4.78. The minimum absolute atomic E-state index is 0.114. The van der Waals surface area contributed by atoms with E-state index in [9.17, 15) is 33.3 Å². The zero-order valence-electron chi connectivity index (χ0n) is 35.6. The Kier molecular flexibility index (Phi) is 14.0. The van der Waals surface area contributed by atoms with Crippen molar-refractivity contribution in [1.29, 1.82) is 0 Å². The van der Waals surface area contributed by atoms with Crippen molar-refractivity contribution in [3.63, 3.8) is 0 Å². The van der Waals surface area contributed by atoms with E-state index in [0.717, 1.165) is 36.3 Å². The van der Waals surface area contributed by atoms with E-state index < -0.39 is 73.2 Å². The maximum absolute atomic E-state index is 16.3. The van der Waals surface area contributed by atoms with Gasteiger partial charge in [-0.25, -0.2) is 0 Å². The molecule has 0 bridgehead atoms. The number of nitrogens with zero attached hydrogens (tertiary/aromatic N) is 4. The molecule has 1 aromatic carbocycles. The van der Waals surface area contributed by atoms with E-state index in [-0.39, 0.29) is 34.0 Å². The Morgan fingerprint density at radius 2 is 1.48 bits per heavy atom. The van der Waals surface area contributed by atoms with Crippen LogP contribution < -0.4 is 5.32 Å². The Balaban J connectivity index is 1.15. The summed E-state index contributed by atoms with van der Waals surface area (Å²) in [5.41, 5.74) is -6.82. The molecule has 5 heterocycles. The summed E-state index contributed by atoms with van der Waals surface area (Å²) in [5.74, 6) is -3.01. The monoisotopic (exact) mass is 906 g/mol. The Bertz CT molecular complexity index is 2180. The minimum atomic E-state index is -5.59. The number of amides is 4. The van der Waals surface area contributed by atoms with Crippen molar-refractivity contribution >= 4 is 64.6 Å². The molecule has 62 heavy (non-hydrogen) atoms. The SMILES string of the molecule is CC(C)(C)C(=O)OCOP(=O)(OCOC(=O)C(C)(C)C)C(F)(F)c1ccc2sc(C(=O)N[C@H]3CCCC[C@H]4CC[C@@H](C(=O)N5CCN(C(=O)c6cn[nH]c6)CC5)N4C3=O)cc2c1. The number of H-pyrrole nitrogens is 1. The number of carbonyl (C=O) groups is 6. The molecular weight excluding hydrogens is 854 g/mol. The molecule has 0 spiro atoms. The largest absolute Gasteiger partial charge is 0.438 e. The smallest absolute Gasteiger partial charge is 0.410 e. The second-order valence-electron chi connectivity index (χ2n) is 17.7. The van der Waals surface area contributed by atoms with Gasteiger partial charge in [0.1, 0.15) is 12.1 Å². The Morgan fingerprint density at radius 1 is 0.871 bits per heavy atom. The van der Waals surface area contributed by atoms with Gasteiger partial charge in [0.2, 0.25) is 25.4 Å². The first kappa shape index (κ1) is 46.7. The molecule has 0 radical (unpaired) electrons. The molecule has 17 nitrogen and oxygen atoms in total. The molecular formula is C41H53F2N6O11PS. The Morgan fingerprint density at radius 3 is 2.08 bits per heavy atom. The number of rotatable bonds is 12. The third-order valence-corrected chi connectivity index (χ3v) is 14.0. The van der Waals surface area contributed by atoms with Gasteiger partial charge in [0.15, 0.2) is 0 Å². The summed E-state index contributed by atoms with van der Waals surface area (Å²) in [5, 5.41) is 9.48. The second-order valence-corrected chi connectivity index (χ2v) is 20.8. The summed E-state index contributed by atoms with van der Waals surface area (Å²) < 4.78 is 66.7. The van der Waals surface area contributed by atoms with Crippen molar-refractivity contribution in [1.82, 2.24) is 30.2 Å². The highest BCUT2D eigenvalue weighted by molar-refractivity contribution is 7.54. The molecule has 2 N–H and O–H groups in total. The summed E-state index contributed by atoms with van der Waals surface area (Å²) in [6, 6.07) is 2.84. The zero-order chi connectivity index (χ0) is 45.2. The predicted octanol–water partition coefficient (Wildman–Crippen LogP) is 6.01. The highest BCUT2D eigenvalue weighted by Gasteiger charge is 2.56. The van der Waals surface area contributed by atoms with Crippen LogP contribution in [-0.2, 0) is 47.9 Å². The van der Waals surface area contributed by atoms with Crippen molar-refractivity contribution in [3.8, 4) is 0 Å². The molecule has 3 aliphatic rings. The van der Waals surface area contributed by atoms with Crippen molar-refractivity contribution in [3.05, 3.63) is 52.7 Å². The topological polar surface area (TPSA) is 207 Å². The summed E-state index contributed by atoms with van der Waals surface area (Å²) >= 11 is 0.993. The quantitative estimate of drug-likeness (QED) is 0.122. The second kappa shape index (κ2) is 18.5. The van der Waals surface area contributed by atoms with Gasteiger partial charge in [-0.15, -0.1) is 11.3 Å². The van der Waals surface area contributed by atoms with Gasteiger partial charge in [-0.2, -0.15) is 13.9 Å². The number of hydrogen-bond donors (Lipinski definition) is 2. The molecule has 3 fully saturated rings. The normalized spacial score (nSPS) is 20.4. The molecule has 2 aromatic heterocycles. The van der Waals surface area contributed by atoms with Crippen LogP contribution >= 0.6 is 18.9 Å². The maximum atomic E-state index is 16.3. The molecule has 3 aliphatic heterocycles. The third kappa shape index (κ3) is 10.2. The molecule has 0 unspecified atom stereocenters. The molecule has 6 rings (SSSR count). The highest BCUT2D eigenvalue weighted by Crippen LogP contribution is 2.67. The van der Waals surface area contributed by atoms with Crippen LogP contribution in [0.15, 0.2) is 36.7 Å². The van der Waals surface area contributed by atoms with Crippen LogP contribution in [0.3, 0.4) is 0 Å². The van der Waals surface area contributed by atoms with Crippen LogP contribution in [0.4, 0.5) is 8.78 Å². The lowest BCUT2D eigenvalue weighted by Gasteiger charge is -2.39. The van der Waals surface area contributed by atoms with Crippen LogP contribution in [0, 0.1) is 10.8 Å². The van der Waals surface area contributed by atoms with Crippen LogP contribution in [-0.4, -0.2) is 118 Å². The van der Waals surface area contributed by atoms with Gasteiger partial charge in [0, 0.05) is 48.7 Å². The summed E-state index contributed by atoms with van der Waals surface area (Å²) in [6.07, 6.45) is 6.57. The van der Waals surface area contributed by atoms with Crippen molar-refractivity contribution in [2.24, 2.45) is 10.8 Å². The molecule has 338 valence electrons. The van der Waals surface area contributed by atoms with Gasteiger partial charge in [0.25, 0.3) is 11.8 Å². The summed E-state index contributed by atoms with van der Waals surface area (Å²) in [6.45, 7) is 8.11. The first-order valence-corrected chi connectivity index (χ1v) is 22.8. The van der Waals surface area contributed by atoms with Crippen molar-refractivity contribution in [2.75, 3.05) is 39.8 Å². The number of alkyl halides is 2. The molecule has 4 amide bonds. The number of esters is 2. The molecule has 3 aromatic rings. The van der Waals surface area contributed by atoms with Crippen LogP contribution in [0.2, 0.25) is 0 Å². The fourth-order valence-corrected chi connectivity index (χ4v) is 9.64. The number of fused-ring (bicyclic) bond motifs is 2. The maximum Gasteiger partial charge on any atom is 0.410 e. The number of ether oxygens (including phenoxy) is 2. The lowest BCUT2D eigenvalue weighted by molar-refractivity contribution is -0.163. The summed E-state index contributed by atoms with van der Waals surface area (Å²) in [4.78, 5) is 84.5. The van der Waals surface area contributed by atoms with E-state index in [0.29, 0.717) is 62.1 Å². The van der Waals surface area contributed by atoms with Crippen molar-refractivity contribution < 1.29 is 60.6 Å². The zero-order valence-corrected chi connectivity index (χ0v) is 37.3. The fourth-order valence-electron chi connectivity index (χ4n) is 7.46. The van der Waals surface area contributed by atoms with E-state index >= 15 is 8.78 Å². The standard InChI is InChI=1S/C41H53F2N6O11PS/c1-39(2,3)37(54)57-23-59-61(56,60-24-58-38(55)40(4,5)6)41(42,43)27-11-14-31-25(19-27)20-32(62-31)33(50)46-29-10-8-7-9-28-12-13-30(49(28)35(29)52)36(53)48-17-15-47(16-18-48)34(51)26-21-44-45-22-26/h11,14,19-22,28-30H,7-10,12-13,15-18,23-24H2,1-6H3,(H,44,45)(H,46,50)/t28-,29-,30-/m0/s1. The van der Waals surface area contributed by atoms with Gasteiger partial charge >= 0.3 is 25.2 Å². The first-order chi connectivity index (χ1) is 29.1. The van der Waals surface area contributed by atoms with Crippen LogP contribution in [0.1, 0.15) is 106 Å². The predicted molar refractivity (Wildman–Crippen MR) is 221 cm³/mol. The van der Waals surface area contributed by atoms with E-state index in [1.165, 1.54) is 66.1 Å². The number of halogens is 2. The van der Waals surface area contributed by atoms with Gasteiger partial charge in [-0.3, -0.25) is 47.5 Å². The molecule has 0 saturated carbocycles. The lowest BCUT2D eigenvalue weighted by atomic mass is 9.98. The minimum Gasteiger partial charge on any atom is -0.438 e. The number of hydrogen-bond acceptors (Lipinski definition) is 13. The Labute approximate surface area is 361 Å². The lowest BCUT2D eigenvalue weighted by Crippen LogP contribution is -2.59. The first-order valence-electron chi connectivity index (χ1n) is 20.5. The molecule has 0 aliphatic carbocycles. The number of carbonyl (C=O) groups excluding carboxylic acids is 6. The van der Waals surface area contributed by atoms with Crippen LogP contribution in [0.5, 0.6) is 0 Å². The number of aromatic nitrogens is 2. The molecule has 21 heteroatoms. The highest BCUT2D eigenvalue weighted by atomic mass is 32.1. The fraction of sp³-hybridized carbons (Fsp3) is 0.585. The third-order valence-electron chi connectivity index (χ3n) is 11.0. The number of aromatic amines is 1. The van der Waals surface area contributed by atoms with Gasteiger partial charge < -0.3 is 29.5 Å². The van der Waals surface area contributed by atoms with E-state index in [4.69, 9.17) is 18.5 Å². The molecule has 3 saturated heterocycles. The van der Waals surface area contributed by atoms with E-state index in [1.807, 2.05) is 0 Å². The van der Waals surface area contributed by atoms with Crippen LogP contribution in [0.25, 0.3) is 10.1 Å². The van der Waals surface area contributed by atoms with Gasteiger partial charge in [-0.1, -0.05) is 18.9 Å². The average Bonchev–Trinajstić information content (AvgIpc) is 4.00. The van der Waals surface area contributed by atoms with Gasteiger partial charge in [0.05, 0.1) is 27.5 Å². The van der Waals surface area contributed by atoms with E-state index in [1.54, 1.807) is 14.7 Å². The number of piperazine rings is 1. The van der Waals surface area contributed by atoms with Gasteiger partial charge in [-0.05, 0) is 90.8 Å². The average molecular weight is 907 g/mol. The summed E-state index contributed by atoms with van der Waals surface area (Å²) in [7, 11) is -5.59.